The Morgan fingerprint density at radius 2 is 1.96 bits per heavy atom. The van der Waals surface area contributed by atoms with Crippen molar-refractivity contribution in [2.45, 2.75) is 39.7 Å². The molecule has 0 aliphatic rings. The number of hydrogen-bond acceptors (Lipinski definition) is 3. The van der Waals surface area contributed by atoms with Gasteiger partial charge in [0.1, 0.15) is 12.7 Å². The van der Waals surface area contributed by atoms with Gasteiger partial charge in [0.25, 0.3) is 0 Å². The van der Waals surface area contributed by atoms with Crippen LogP contribution in [-0.2, 0) is 13.0 Å². The van der Waals surface area contributed by atoms with Crippen LogP contribution in [0, 0.1) is 6.92 Å². The number of rotatable bonds is 9. The van der Waals surface area contributed by atoms with E-state index in [4.69, 9.17) is 0 Å². The van der Waals surface area contributed by atoms with Gasteiger partial charge in [-0.15, -0.1) is 10.2 Å². The zero-order valence-corrected chi connectivity index (χ0v) is 16.2. The molecule has 0 atom stereocenters. The first-order valence-corrected chi connectivity index (χ1v) is 9.68. The van der Waals surface area contributed by atoms with Crippen molar-refractivity contribution in [1.82, 2.24) is 30.4 Å². The van der Waals surface area contributed by atoms with E-state index >= 15 is 0 Å². The van der Waals surface area contributed by atoms with Gasteiger partial charge in [-0.1, -0.05) is 18.2 Å². The second-order valence-electron chi connectivity index (χ2n) is 6.62. The molecule has 0 aliphatic carbocycles. The number of H-pyrrole nitrogens is 1. The summed E-state index contributed by atoms with van der Waals surface area (Å²) in [6.45, 7) is 7.70. The maximum atomic E-state index is 4.68. The van der Waals surface area contributed by atoms with E-state index in [1.165, 1.54) is 22.2 Å². The monoisotopic (exact) mass is 367 g/mol. The molecule has 144 valence electrons. The molecule has 0 saturated carbocycles. The number of para-hydroxylation sites is 1. The third-order valence-electron chi connectivity index (χ3n) is 4.60. The molecule has 3 rings (SSSR count). The van der Waals surface area contributed by atoms with Crippen LogP contribution in [0.25, 0.3) is 10.9 Å². The Kier molecular flexibility index (Phi) is 6.84. The number of aliphatic imine (C=N–C) groups is 1. The number of nitrogens with one attached hydrogen (secondary N) is 3. The third-order valence-corrected chi connectivity index (χ3v) is 4.60. The Bertz CT molecular complexity index is 848. The fourth-order valence-electron chi connectivity index (χ4n) is 3.24. The highest BCUT2D eigenvalue weighted by atomic mass is 15.2. The first-order chi connectivity index (χ1) is 13.3. The van der Waals surface area contributed by atoms with Gasteiger partial charge in [0.05, 0.1) is 0 Å². The molecular weight excluding hydrogens is 338 g/mol. The molecule has 0 bridgehead atoms. The average molecular weight is 368 g/mol. The highest BCUT2D eigenvalue weighted by molar-refractivity contribution is 5.84. The number of aryl methyl sites for hydroxylation is 2. The lowest BCUT2D eigenvalue weighted by atomic mass is 10.1. The molecule has 1 aromatic carbocycles. The summed E-state index contributed by atoms with van der Waals surface area (Å²) >= 11 is 0. The van der Waals surface area contributed by atoms with Crippen LogP contribution in [0.2, 0.25) is 0 Å². The normalized spacial score (nSPS) is 11.9. The first-order valence-electron chi connectivity index (χ1n) is 9.68. The Labute approximate surface area is 160 Å². The van der Waals surface area contributed by atoms with Crippen molar-refractivity contribution in [3.63, 3.8) is 0 Å². The van der Waals surface area contributed by atoms with Gasteiger partial charge in [-0.2, -0.15) is 0 Å². The van der Waals surface area contributed by atoms with Crippen molar-refractivity contribution >= 4 is 16.9 Å². The van der Waals surface area contributed by atoms with Gasteiger partial charge in [0, 0.05) is 42.8 Å². The van der Waals surface area contributed by atoms with Crippen LogP contribution >= 0.6 is 0 Å². The Balaban J connectivity index is 1.46. The smallest absolute Gasteiger partial charge is 0.191 e. The quantitative estimate of drug-likeness (QED) is 0.308. The maximum Gasteiger partial charge on any atom is 0.191 e. The van der Waals surface area contributed by atoms with Crippen molar-refractivity contribution in [1.29, 1.82) is 0 Å². The molecule has 2 aromatic heterocycles. The molecule has 0 saturated heterocycles. The molecule has 7 nitrogen and oxygen atoms in total. The van der Waals surface area contributed by atoms with Crippen LogP contribution in [0.4, 0.5) is 0 Å². The maximum absolute atomic E-state index is 4.68. The number of aromatic amines is 1. The van der Waals surface area contributed by atoms with Crippen LogP contribution in [0.5, 0.6) is 0 Å². The molecular formula is C20H29N7. The SMILES string of the molecule is CCNC(=NCCCCn1cnnc1)NCCc1c(C)[nH]c2ccccc12. The van der Waals surface area contributed by atoms with Crippen LogP contribution in [0.1, 0.15) is 31.0 Å². The highest BCUT2D eigenvalue weighted by Crippen LogP contribution is 2.21. The lowest BCUT2D eigenvalue weighted by Crippen LogP contribution is -2.38. The van der Waals surface area contributed by atoms with Gasteiger partial charge in [-0.3, -0.25) is 4.99 Å². The number of hydrogen-bond donors (Lipinski definition) is 3. The Hall–Kier alpha value is -2.83. The van der Waals surface area contributed by atoms with E-state index in [0.717, 1.165) is 51.4 Å². The van der Waals surface area contributed by atoms with E-state index in [-0.39, 0.29) is 0 Å². The second-order valence-corrected chi connectivity index (χ2v) is 6.62. The van der Waals surface area contributed by atoms with Gasteiger partial charge in [-0.05, 0) is 44.7 Å². The minimum Gasteiger partial charge on any atom is -0.358 e. The summed E-state index contributed by atoms with van der Waals surface area (Å²) < 4.78 is 2.00. The lowest BCUT2D eigenvalue weighted by Gasteiger charge is -2.11. The van der Waals surface area contributed by atoms with Gasteiger partial charge < -0.3 is 20.2 Å². The zero-order chi connectivity index (χ0) is 18.9. The number of benzene rings is 1. The summed E-state index contributed by atoms with van der Waals surface area (Å²) in [5.41, 5.74) is 3.83. The van der Waals surface area contributed by atoms with Gasteiger partial charge in [0.2, 0.25) is 0 Å². The van der Waals surface area contributed by atoms with E-state index < -0.39 is 0 Å². The minimum absolute atomic E-state index is 0.809. The van der Waals surface area contributed by atoms with Crippen molar-refractivity contribution < 1.29 is 0 Å². The highest BCUT2D eigenvalue weighted by Gasteiger charge is 2.07. The van der Waals surface area contributed by atoms with E-state index in [9.17, 15) is 0 Å². The van der Waals surface area contributed by atoms with Crippen molar-refractivity contribution in [3.05, 3.63) is 48.2 Å². The summed E-state index contributed by atoms with van der Waals surface area (Å²) in [4.78, 5) is 8.15. The van der Waals surface area contributed by atoms with Gasteiger partial charge in [0.15, 0.2) is 5.96 Å². The van der Waals surface area contributed by atoms with Crippen molar-refractivity contribution in [2.24, 2.45) is 4.99 Å². The minimum atomic E-state index is 0.809. The van der Waals surface area contributed by atoms with Crippen molar-refractivity contribution in [2.75, 3.05) is 19.6 Å². The summed E-state index contributed by atoms with van der Waals surface area (Å²) in [5.74, 6) is 0.888. The summed E-state index contributed by atoms with van der Waals surface area (Å²) in [6.07, 6.45) is 6.57. The van der Waals surface area contributed by atoms with Crippen molar-refractivity contribution in [3.8, 4) is 0 Å². The fourth-order valence-corrected chi connectivity index (χ4v) is 3.24. The molecule has 3 N–H and O–H groups in total. The lowest BCUT2D eigenvalue weighted by molar-refractivity contribution is 0.611. The van der Waals surface area contributed by atoms with Crippen LogP contribution < -0.4 is 10.6 Å². The molecule has 0 unspecified atom stereocenters. The van der Waals surface area contributed by atoms with E-state index in [1.54, 1.807) is 12.7 Å². The molecule has 0 radical (unpaired) electrons. The number of unbranched alkanes of at least 4 members (excludes halogenated alkanes) is 1. The Morgan fingerprint density at radius 3 is 2.78 bits per heavy atom. The van der Waals surface area contributed by atoms with E-state index in [0.29, 0.717) is 0 Å². The fraction of sp³-hybridized carbons (Fsp3) is 0.450. The molecule has 0 amide bonds. The molecule has 3 aromatic rings. The summed E-state index contributed by atoms with van der Waals surface area (Å²) in [7, 11) is 0. The van der Waals surface area contributed by atoms with Gasteiger partial charge >= 0.3 is 0 Å². The predicted octanol–water partition coefficient (Wildman–Crippen LogP) is 2.65. The first kappa shape index (κ1) is 18.9. The standard InChI is InChI=1S/C20H29N7/c1-3-21-20(22-11-6-7-13-27-14-24-25-15-27)23-12-10-17-16(2)26-19-9-5-4-8-18(17)19/h4-5,8-9,14-15,26H,3,6-7,10-13H2,1-2H3,(H2,21,22,23). The molecule has 0 spiro atoms. The number of aromatic nitrogens is 4. The largest absolute Gasteiger partial charge is 0.358 e. The summed E-state index contributed by atoms with van der Waals surface area (Å²) in [5, 5.41) is 15.7. The third kappa shape index (κ3) is 5.32. The number of guanidine groups is 1. The van der Waals surface area contributed by atoms with Crippen LogP contribution in [0.3, 0.4) is 0 Å². The molecule has 0 fully saturated rings. The van der Waals surface area contributed by atoms with E-state index in [1.807, 2.05) is 4.57 Å². The Morgan fingerprint density at radius 1 is 1.15 bits per heavy atom. The van der Waals surface area contributed by atoms with Gasteiger partial charge in [-0.25, -0.2) is 0 Å². The average Bonchev–Trinajstić information content (AvgIpc) is 3.29. The zero-order valence-electron chi connectivity index (χ0n) is 16.2. The molecule has 0 aliphatic heterocycles. The van der Waals surface area contributed by atoms with Crippen LogP contribution in [0.15, 0.2) is 41.9 Å². The number of fused-ring (bicyclic) bond motifs is 1. The topological polar surface area (TPSA) is 82.9 Å². The number of nitrogens with zero attached hydrogens (tertiary/aromatic N) is 4. The predicted molar refractivity (Wildman–Crippen MR) is 110 cm³/mol. The van der Waals surface area contributed by atoms with E-state index in [2.05, 4.69) is 68.9 Å². The molecule has 7 heteroatoms. The summed E-state index contributed by atoms with van der Waals surface area (Å²) in [6, 6.07) is 8.48. The van der Waals surface area contributed by atoms with Crippen LogP contribution in [-0.4, -0.2) is 45.3 Å². The molecule has 27 heavy (non-hydrogen) atoms. The molecule has 2 heterocycles. The second kappa shape index (κ2) is 9.75.